The minimum Gasteiger partial charge on any atom is -0.470 e. The summed E-state index contributed by atoms with van der Waals surface area (Å²) in [7, 11) is 0. The topological polar surface area (TPSA) is 75.2 Å². The Bertz CT molecular complexity index is 599. The molecule has 7 nitrogen and oxygen atoms in total. The Morgan fingerprint density at radius 3 is 3.05 bits per heavy atom. The van der Waals surface area contributed by atoms with E-state index in [0.717, 1.165) is 49.9 Å². The van der Waals surface area contributed by atoms with Gasteiger partial charge in [0.1, 0.15) is 12.4 Å². The molecule has 1 saturated heterocycles. The summed E-state index contributed by atoms with van der Waals surface area (Å²) in [6.45, 7) is 7.15. The quantitative estimate of drug-likeness (QED) is 0.832. The Balaban J connectivity index is 1.64. The van der Waals surface area contributed by atoms with Crippen molar-refractivity contribution in [3.63, 3.8) is 0 Å². The Labute approximate surface area is 134 Å². The molecule has 0 amide bonds. The molecule has 0 radical (unpaired) electrons. The van der Waals surface area contributed by atoms with Crippen LogP contribution in [0.2, 0.25) is 0 Å². The highest BCUT2D eigenvalue weighted by Crippen LogP contribution is 2.26. The lowest BCUT2D eigenvalue weighted by atomic mass is 10.3. The van der Waals surface area contributed by atoms with Crippen molar-refractivity contribution >= 4 is 23.4 Å². The molecule has 8 heteroatoms. The highest BCUT2D eigenvalue weighted by molar-refractivity contribution is 6.99. The summed E-state index contributed by atoms with van der Waals surface area (Å²) < 4.78 is 14.5. The molecule has 0 saturated carbocycles. The highest BCUT2D eigenvalue weighted by Gasteiger charge is 2.19. The molecule has 3 rings (SSSR count). The van der Waals surface area contributed by atoms with E-state index in [0.29, 0.717) is 12.5 Å². The summed E-state index contributed by atoms with van der Waals surface area (Å²) in [5, 5.41) is 6.53. The van der Waals surface area contributed by atoms with Gasteiger partial charge in [0.25, 0.3) is 5.88 Å². The molecule has 1 fully saturated rings. The van der Waals surface area contributed by atoms with Crippen LogP contribution in [0.25, 0.3) is 0 Å². The van der Waals surface area contributed by atoms with Crippen molar-refractivity contribution in [1.82, 2.24) is 19.0 Å². The van der Waals surface area contributed by atoms with Gasteiger partial charge in [-0.05, 0) is 24.6 Å². The van der Waals surface area contributed by atoms with E-state index in [1.54, 1.807) is 6.20 Å². The average molecular weight is 320 g/mol. The Kier molecular flexibility index (Phi) is 5.02. The van der Waals surface area contributed by atoms with Crippen LogP contribution in [0.3, 0.4) is 0 Å². The van der Waals surface area contributed by atoms with Gasteiger partial charge < -0.3 is 20.3 Å². The van der Waals surface area contributed by atoms with Crippen LogP contribution in [0.15, 0.2) is 18.3 Å². The monoisotopic (exact) mass is 320 g/mol. The molecule has 0 aromatic carbocycles. The largest absolute Gasteiger partial charge is 0.470 e. The third kappa shape index (κ3) is 3.63. The molecule has 0 atom stereocenters. The van der Waals surface area contributed by atoms with E-state index in [-0.39, 0.29) is 0 Å². The molecular formula is C14H20N6OS. The number of nitrogens with zero attached hydrogens (tertiary/aromatic N) is 4. The van der Waals surface area contributed by atoms with Crippen LogP contribution >= 0.6 is 11.7 Å². The van der Waals surface area contributed by atoms with Crippen molar-refractivity contribution in [3.8, 4) is 5.88 Å². The zero-order valence-electron chi connectivity index (χ0n) is 12.6. The van der Waals surface area contributed by atoms with Gasteiger partial charge in [0.15, 0.2) is 0 Å². The molecular weight excluding hydrogens is 300 g/mol. The fraction of sp³-hybridized carbons (Fsp3) is 0.500. The first-order valence-corrected chi connectivity index (χ1v) is 8.19. The predicted molar refractivity (Wildman–Crippen MR) is 87.7 cm³/mol. The number of aromatic nitrogens is 3. The van der Waals surface area contributed by atoms with Crippen molar-refractivity contribution in [2.24, 2.45) is 0 Å². The minimum atomic E-state index is 0.464. The first-order chi connectivity index (χ1) is 10.9. The molecule has 3 heterocycles. The van der Waals surface area contributed by atoms with E-state index in [2.05, 4.69) is 29.3 Å². The fourth-order valence-corrected chi connectivity index (χ4v) is 2.85. The molecule has 0 aliphatic carbocycles. The van der Waals surface area contributed by atoms with Crippen LogP contribution in [0.5, 0.6) is 5.88 Å². The maximum atomic E-state index is 5.87. The van der Waals surface area contributed by atoms with Gasteiger partial charge in [0, 0.05) is 38.9 Å². The first kappa shape index (κ1) is 15.0. The summed E-state index contributed by atoms with van der Waals surface area (Å²) in [6.07, 6.45) is 1.78. The van der Waals surface area contributed by atoms with Crippen LogP contribution in [0, 0.1) is 0 Å². The summed E-state index contributed by atoms with van der Waals surface area (Å²) in [4.78, 5) is 6.47. The molecule has 2 aromatic rings. The van der Waals surface area contributed by atoms with Crippen LogP contribution in [0.4, 0.5) is 11.6 Å². The summed E-state index contributed by atoms with van der Waals surface area (Å²) >= 11 is 1.19. The normalized spacial score (nSPS) is 14.9. The van der Waals surface area contributed by atoms with Gasteiger partial charge in [0.05, 0.1) is 11.7 Å². The fourth-order valence-electron chi connectivity index (χ4n) is 2.33. The van der Waals surface area contributed by atoms with E-state index >= 15 is 0 Å². The minimum absolute atomic E-state index is 0.464. The Morgan fingerprint density at radius 1 is 1.36 bits per heavy atom. The molecule has 1 aliphatic rings. The number of hydrogen-bond acceptors (Lipinski definition) is 8. The van der Waals surface area contributed by atoms with E-state index < -0.39 is 0 Å². The number of hydrogen-bond donors (Lipinski definition) is 2. The molecule has 0 spiro atoms. The summed E-state index contributed by atoms with van der Waals surface area (Å²) in [6, 6.07) is 3.94. The van der Waals surface area contributed by atoms with E-state index in [4.69, 9.17) is 4.74 Å². The van der Waals surface area contributed by atoms with Crippen LogP contribution < -0.4 is 20.3 Å². The maximum absolute atomic E-state index is 5.87. The Morgan fingerprint density at radius 2 is 2.23 bits per heavy atom. The van der Waals surface area contributed by atoms with Gasteiger partial charge in [0.2, 0.25) is 5.82 Å². The van der Waals surface area contributed by atoms with E-state index in [1.807, 2.05) is 19.1 Å². The van der Waals surface area contributed by atoms with Gasteiger partial charge in [-0.15, -0.1) is 4.37 Å². The van der Waals surface area contributed by atoms with Crippen molar-refractivity contribution < 1.29 is 4.74 Å². The van der Waals surface area contributed by atoms with Crippen molar-refractivity contribution in [2.45, 2.75) is 13.5 Å². The maximum Gasteiger partial charge on any atom is 0.271 e. The Hall–Kier alpha value is -1.93. The summed E-state index contributed by atoms with van der Waals surface area (Å²) in [5.41, 5.74) is 1.06. The molecule has 0 bridgehead atoms. The molecule has 2 aromatic heterocycles. The number of ether oxygens (including phenoxy) is 1. The van der Waals surface area contributed by atoms with E-state index in [1.165, 1.54) is 11.7 Å². The van der Waals surface area contributed by atoms with Gasteiger partial charge in [-0.25, -0.2) is 4.98 Å². The first-order valence-electron chi connectivity index (χ1n) is 7.46. The molecule has 118 valence electrons. The zero-order valence-corrected chi connectivity index (χ0v) is 13.4. The zero-order chi connectivity index (χ0) is 15.2. The third-order valence-electron chi connectivity index (χ3n) is 3.42. The van der Waals surface area contributed by atoms with Crippen LogP contribution in [-0.4, -0.2) is 46.5 Å². The van der Waals surface area contributed by atoms with Gasteiger partial charge in [-0.2, -0.15) is 4.37 Å². The van der Waals surface area contributed by atoms with Gasteiger partial charge >= 0.3 is 0 Å². The lowest BCUT2D eigenvalue weighted by Crippen LogP contribution is -2.43. The molecule has 1 aliphatic heterocycles. The number of piperazine rings is 1. The highest BCUT2D eigenvalue weighted by atomic mass is 32.1. The SMILES string of the molecule is CCNc1cc(COc2nsnc2N2CCNCC2)ccn1. The van der Waals surface area contributed by atoms with Crippen LogP contribution in [-0.2, 0) is 6.61 Å². The lowest BCUT2D eigenvalue weighted by Gasteiger charge is -2.27. The molecule has 0 unspecified atom stereocenters. The number of anilines is 2. The molecule has 22 heavy (non-hydrogen) atoms. The van der Waals surface area contributed by atoms with E-state index in [9.17, 15) is 0 Å². The second-order valence-electron chi connectivity index (χ2n) is 5.00. The second kappa shape index (κ2) is 7.37. The second-order valence-corrected chi connectivity index (χ2v) is 5.53. The number of rotatable bonds is 6. The number of nitrogens with one attached hydrogen (secondary N) is 2. The molecule has 2 N–H and O–H groups in total. The number of pyridine rings is 1. The standard InChI is InChI=1S/C14H20N6OS/c1-2-16-12-9-11(3-4-17-12)10-21-14-13(18-22-19-14)20-7-5-15-6-8-20/h3-4,9,15H,2,5-8,10H2,1H3,(H,16,17). The van der Waals surface area contributed by atoms with Gasteiger partial charge in [-0.1, -0.05) is 0 Å². The van der Waals surface area contributed by atoms with Crippen molar-refractivity contribution in [2.75, 3.05) is 42.9 Å². The van der Waals surface area contributed by atoms with Gasteiger partial charge in [-0.3, -0.25) is 0 Å². The predicted octanol–water partition coefficient (Wildman–Crippen LogP) is 1.35. The van der Waals surface area contributed by atoms with Crippen molar-refractivity contribution in [3.05, 3.63) is 23.9 Å². The average Bonchev–Trinajstić information content (AvgIpc) is 3.03. The lowest BCUT2D eigenvalue weighted by molar-refractivity contribution is 0.296. The smallest absolute Gasteiger partial charge is 0.271 e. The van der Waals surface area contributed by atoms with Crippen molar-refractivity contribution in [1.29, 1.82) is 0 Å². The third-order valence-corrected chi connectivity index (χ3v) is 3.92. The van der Waals surface area contributed by atoms with Crippen LogP contribution in [0.1, 0.15) is 12.5 Å². The summed E-state index contributed by atoms with van der Waals surface area (Å²) in [5.74, 6) is 2.34.